The van der Waals surface area contributed by atoms with E-state index in [2.05, 4.69) is 5.32 Å². The molecule has 1 rings (SSSR count). The SMILES string of the molecule is CC(=O)N[C@@](C)(C=O)Cc1ccccc1. The Kier molecular flexibility index (Phi) is 3.61. The molecule has 3 heteroatoms. The molecule has 0 aliphatic carbocycles. The first kappa shape index (κ1) is 11.4. The predicted octanol–water partition coefficient (Wildman–Crippen LogP) is 1.32. The van der Waals surface area contributed by atoms with Crippen molar-refractivity contribution in [3.05, 3.63) is 35.9 Å². The lowest BCUT2D eigenvalue weighted by Crippen LogP contribution is -2.48. The van der Waals surface area contributed by atoms with Crippen LogP contribution in [0.15, 0.2) is 30.3 Å². The number of rotatable bonds is 4. The van der Waals surface area contributed by atoms with Crippen molar-refractivity contribution in [2.45, 2.75) is 25.8 Å². The van der Waals surface area contributed by atoms with E-state index in [0.717, 1.165) is 11.8 Å². The first-order valence-corrected chi connectivity index (χ1v) is 4.85. The molecule has 1 N–H and O–H groups in total. The fraction of sp³-hybridized carbons (Fsp3) is 0.333. The summed E-state index contributed by atoms with van der Waals surface area (Å²) < 4.78 is 0. The molecule has 1 atom stereocenters. The summed E-state index contributed by atoms with van der Waals surface area (Å²) in [7, 11) is 0. The molecule has 1 aromatic carbocycles. The van der Waals surface area contributed by atoms with E-state index in [1.165, 1.54) is 6.92 Å². The Balaban J connectivity index is 2.76. The van der Waals surface area contributed by atoms with Crippen molar-refractivity contribution < 1.29 is 9.59 Å². The van der Waals surface area contributed by atoms with E-state index in [1.54, 1.807) is 6.92 Å². The second-order valence-corrected chi connectivity index (χ2v) is 3.88. The predicted molar refractivity (Wildman–Crippen MR) is 58.4 cm³/mol. The van der Waals surface area contributed by atoms with Gasteiger partial charge in [-0.05, 0) is 12.5 Å². The third kappa shape index (κ3) is 3.54. The van der Waals surface area contributed by atoms with Crippen LogP contribution in [0.4, 0.5) is 0 Å². The zero-order chi connectivity index (χ0) is 11.3. The van der Waals surface area contributed by atoms with Crippen molar-refractivity contribution in [1.82, 2.24) is 5.32 Å². The van der Waals surface area contributed by atoms with Crippen molar-refractivity contribution >= 4 is 12.2 Å². The molecule has 0 aliphatic heterocycles. The van der Waals surface area contributed by atoms with Gasteiger partial charge in [-0.3, -0.25) is 4.79 Å². The molecular weight excluding hydrogens is 190 g/mol. The third-order valence-corrected chi connectivity index (χ3v) is 2.14. The lowest BCUT2D eigenvalue weighted by Gasteiger charge is -2.23. The molecule has 0 spiro atoms. The molecule has 0 fully saturated rings. The Bertz CT molecular complexity index is 348. The number of benzene rings is 1. The molecule has 3 nitrogen and oxygen atoms in total. The highest BCUT2D eigenvalue weighted by atomic mass is 16.2. The van der Waals surface area contributed by atoms with Gasteiger partial charge in [0.1, 0.15) is 6.29 Å². The molecule has 15 heavy (non-hydrogen) atoms. The molecule has 1 amide bonds. The van der Waals surface area contributed by atoms with E-state index in [-0.39, 0.29) is 5.91 Å². The molecule has 0 unspecified atom stereocenters. The van der Waals surface area contributed by atoms with Gasteiger partial charge in [0.25, 0.3) is 0 Å². The van der Waals surface area contributed by atoms with Gasteiger partial charge in [-0.1, -0.05) is 30.3 Å². The Morgan fingerprint density at radius 2 is 2.00 bits per heavy atom. The minimum absolute atomic E-state index is 0.194. The normalized spacial score (nSPS) is 14.0. The molecule has 0 aliphatic rings. The third-order valence-electron chi connectivity index (χ3n) is 2.14. The van der Waals surface area contributed by atoms with Crippen LogP contribution < -0.4 is 5.32 Å². The van der Waals surface area contributed by atoms with E-state index >= 15 is 0 Å². The maximum Gasteiger partial charge on any atom is 0.217 e. The van der Waals surface area contributed by atoms with Gasteiger partial charge in [0.2, 0.25) is 5.91 Å². The Morgan fingerprint density at radius 1 is 1.40 bits per heavy atom. The van der Waals surface area contributed by atoms with Crippen molar-refractivity contribution in [2.75, 3.05) is 0 Å². The highest BCUT2D eigenvalue weighted by molar-refractivity contribution is 5.79. The fourth-order valence-corrected chi connectivity index (χ4v) is 1.54. The minimum Gasteiger partial charge on any atom is -0.344 e. The van der Waals surface area contributed by atoms with Crippen LogP contribution in [0, 0.1) is 0 Å². The number of hydrogen-bond donors (Lipinski definition) is 1. The average molecular weight is 205 g/mol. The van der Waals surface area contributed by atoms with E-state index in [0.29, 0.717) is 6.42 Å². The van der Waals surface area contributed by atoms with Gasteiger partial charge < -0.3 is 10.1 Å². The Morgan fingerprint density at radius 3 is 2.47 bits per heavy atom. The van der Waals surface area contributed by atoms with E-state index in [1.807, 2.05) is 30.3 Å². The summed E-state index contributed by atoms with van der Waals surface area (Å²) in [4.78, 5) is 21.9. The second kappa shape index (κ2) is 4.73. The van der Waals surface area contributed by atoms with Crippen molar-refractivity contribution in [3.63, 3.8) is 0 Å². The first-order valence-electron chi connectivity index (χ1n) is 4.85. The van der Waals surface area contributed by atoms with Gasteiger partial charge in [0.05, 0.1) is 5.54 Å². The molecule has 1 aromatic rings. The number of carbonyl (C=O) groups excluding carboxylic acids is 2. The summed E-state index contributed by atoms with van der Waals surface area (Å²) >= 11 is 0. The summed E-state index contributed by atoms with van der Waals surface area (Å²) in [5, 5.41) is 2.65. The number of nitrogens with one attached hydrogen (secondary N) is 1. The van der Waals surface area contributed by atoms with Crippen molar-refractivity contribution in [2.24, 2.45) is 0 Å². The second-order valence-electron chi connectivity index (χ2n) is 3.88. The maximum atomic E-state index is 11.0. The summed E-state index contributed by atoms with van der Waals surface area (Å²) in [6.07, 6.45) is 1.29. The summed E-state index contributed by atoms with van der Waals surface area (Å²) in [5.41, 5.74) is 0.216. The Hall–Kier alpha value is -1.64. The molecule has 0 aromatic heterocycles. The van der Waals surface area contributed by atoms with Crippen LogP contribution in [-0.2, 0) is 16.0 Å². The van der Waals surface area contributed by atoms with Gasteiger partial charge in [-0.15, -0.1) is 0 Å². The molecule has 80 valence electrons. The van der Waals surface area contributed by atoms with Gasteiger partial charge >= 0.3 is 0 Å². The Labute approximate surface area is 89.5 Å². The van der Waals surface area contributed by atoms with E-state index in [4.69, 9.17) is 0 Å². The van der Waals surface area contributed by atoms with Gasteiger partial charge in [0.15, 0.2) is 0 Å². The maximum absolute atomic E-state index is 11.0. The van der Waals surface area contributed by atoms with Gasteiger partial charge in [-0.2, -0.15) is 0 Å². The average Bonchev–Trinajstić information content (AvgIpc) is 2.18. The summed E-state index contributed by atoms with van der Waals surface area (Å²) in [5.74, 6) is -0.194. The summed E-state index contributed by atoms with van der Waals surface area (Å²) in [6.45, 7) is 3.13. The number of hydrogen-bond acceptors (Lipinski definition) is 2. The standard InChI is InChI=1S/C12H15NO2/c1-10(15)13-12(2,9-14)8-11-6-4-3-5-7-11/h3-7,9H,8H2,1-2H3,(H,13,15)/t12-/m1/s1. The molecule has 0 heterocycles. The van der Waals surface area contributed by atoms with Crippen LogP contribution >= 0.6 is 0 Å². The number of carbonyl (C=O) groups is 2. The summed E-state index contributed by atoms with van der Waals surface area (Å²) in [6, 6.07) is 9.61. The monoisotopic (exact) mass is 205 g/mol. The first-order chi connectivity index (χ1) is 7.06. The lowest BCUT2D eigenvalue weighted by atomic mass is 9.94. The highest BCUT2D eigenvalue weighted by Gasteiger charge is 2.24. The zero-order valence-electron chi connectivity index (χ0n) is 8.99. The topological polar surface area (TPSA) is 46.2 Å². The molecular formula is C12H15NO2. The number of aldehydes is 1. The van der Waals surface area contributed by atoms with E-state index in [9.17, 15) is 9.59 Å². The fourth-order valence-electron chi connectivity index (χ4n) is 1.54. The van der Waals surface area contributed by atoms with E-state index < -0.39 is 5.54 Å². The van der Waals surface area contributed by atoms with Crippen LogP contribution in [0.1, 0.15) is 19.4 Å². The van der Waals surface area contributed by atoms with Crippen LogP contribution in [0.5, 0.6) is 0 Å². The molecule has 0 saturated heterocycles. The van der Waals surface area contributed by atoms with Crippen molar-refractivity contribution in [1.29, 1.82) is 0 Å². The smallest absolute Gasteiger partial charge is 0.217 e. The molecule has 0 radical (unpaired) electrons. The van der Waals surface area contributed by atoms with Crippen LogP contribution in [0.3, 0.4) is 0 Å². The quantitative estimate of drug-likeness (QED) is 0.753. The van der Waals surface area contributed by atoms with Crippen molar-refractivity contribution in [3.8, 4) is 0 Å². The highest BCUT2D eigenvalue weighted by Crippen LogP contribution is 2.10. The van der Waals surface area contributed by atoms with Crippen LogP contribution in [-0.4, -0.2) is 17.7 Å². The molecule has 0 bridgehead atoms. The number of amides is 1. The van der Waals surface area contributed by atoms with Gasteiger partial charge in [-0.25, -0.2) is 0 Å². The van der Waals surface area contributed by atoms with Crippen LogP contribution in [0.2, 0.25) is 0 Å². The van der Waals surface area contributed by atoms with Gasteiger partial charge in [0, 0.05) is 13.3 Å². The minimum atomic E-state index is -0.812. The van der Waals surface area contributed by atoms with Crippen LogP contribution in [0.25, 0.3) is 0 Å². The lowest BCUT2D eigenvalue weighted by molar-refractivity contribution is -0.124. The zero-order valence-corrected chi connectivity index (χ0v) is 8.99. The molecule has 0 saturated carbocycles. The largest absolute Gasteiger partial charge is 0.344 e.